The first-order chi connectivity index (χ1) is 15.9. The lowest BCUT2D eigenvalue weighted by molar-refractivity contribution is -0.151. The predicted molar refractivity (Wildman–Crippen MR) is 129 cm³/mol. The number of rotatable bonds is 8. The number of likely N-dealkylation sites (tertiary alicyclic amines) is 1. The number of nitrogens with zero attached hydrogens (tertiary/aromatic N) is 2. The van der Waals surface area contributed by atoms with Crippen molar-refractivity contribution >= 4 is 23.5 Å². The van der Waals surface area contributed by atoms with Crippen molar-refractivity contribution in [3.63, 3.8) is 0 Å². The molecule has 1 fully saturated rings. The van der Waals surface area contributed by atoms with Gasteiger partial charge in [0.2, 0.25) is 11.8 Å². The highest BCUT2D eigenvalue weighted by Gasteiger charge is 2.29. The van der Waals surface area contributed by atoms with E-state index in [0.717, 1.165) is 29.7 Å². The van der Waals surface area contributed by atoms with Gasteiger partial charge in [0.25, 0.3) is 0 Å². The molecule has 176 valence electrons. The smallest absolute Gasteiger partial charge is 0.310 e. The van der Waals surface area contributed by atoms with E-state index in [1.807, 2.05) is 62.4 Å². The van der Waals surface area contributed by atoms with Crippen LogP contribution in [0.5, 0.6) is 0 Å². The molecule has 2 amide bonds. The summed E-state index contributed by atoms with van der Waals surface area (Å²) in [7, 11) is 0. The lowest BCUT2D eigenvalue weighted by Gasteiger charge is -2.31. The van der Waals surface area contributed by atoms with Crippen LogP contribution in [-0.4, -0.2) is 42.4 Å². The standard InChI is InChI=1S/C27H34N2O4/c1-4-25(30)29(18-22-10-8-20(3)9-11-22)24-14-12-21(13-15-24)17-26(31)28-16-6-7-23(19-28)27(32)33-5-2/h8-15,23H,4-7,16-19H2,1-3H3/t23-/m0/s1. The van der Waals surface area contributed by atoms with E-state index in [-0.39, 0.29) is 30.1 Å². The Morgan fingerprint density at radius 1 is 1.00 bits per heavy atom. The van der Waals surface area contributed by atoms with E-state index < -0.39 is 0 Å². The van der Waals surface area contributed by atoms with E-state index in [1.54, 1.807) is 16.7 Å². The summed E-state index contributed by atoms with van der Waals surface area (Å²) < 4.78 is 5.13. The van der Waals surface area contributed by atoms with E-state index in [2.05, 4.69) is 0 Å². The summed E-state index contributed by atoms with van der Waals surface area (Å²) in [6.07, 6.45) is 2.26. The Morgan fingerprint density at radius 3 is 2.30 bits per heavy atom. The Bertz CT molecular complexity index is 953. The number of aryl methyl sites for hydroxylation is 1. The molecule has 0 radical (unpaired) electrons. The molecule has 3 rings (SSSR count). The Balaban J connectivity index is 1.65. The number of esters is 1. The fourth-order valence-electron chi connectivity index (χ4n) is 4.13. The van der Waals surface area contributed by atoms with Gasteiger partial charge < -0.3 is 14.5 Å². The molecule has 2 aromatic carbocycles. The van der Waals surface area contributed by atoms with Crippen LogP contribution in [0.4, 0.5) is 5.69 Å². The van der Waals surface area contributed by atoms with Gasteiger partial charge in [-0.3, -0.25) is 14.4 Å². The normalized spacial score (nSPS) is 15.7. The van der Waals surface area contributed by atoms with Crippen molar-refractivity contribution < 1.29 is 19.1 Å². The van der Waals surface area contributed by atoms with E-state index in [4.69, 9.17) is 4.74 Å². The lowest BCUT2D eigenvalue weighted by Crippen LogP contribution is -2.43. The van der Waals surface area contributed by atoms with Gasteiger partial charge in [0.1, 0.15) is 0 Å². The maximum absolute atomic E-state index is 12.8. The van der Waals surface area contributed by atoms with Crippen LogP contribution < -0.4 is 4.90 Å². The Labute approximate surface area is 196 Å². The number of anilines is 1. The topological polar surface area (TPSA) is 66.9 Å². The molecule has 6 nitrogen and oxygen atoms in total. The molecule has 0 aliphatic carbocycles. The molecule has 33 heavy (non-hydrogen) atoms. The van der Waals surface area contributed by atoms with Crippen molar-refractivity contribution in [1.29, 1.82) is 0 Å². The number of hydrogen-bond acceptors (Lipinski definition) is 4. The van der Waals surface area contributed by atoms with Crippen LogP contribution in [0.15, 0.2) is 48.5 Å². The van der Waals surface area contributed by atoms with Gasteiger partial charge in [-0.15, -0.1) is 0 Å². The monoisotopic (exact) mass is 450 g/mol. The summed E-state index contributed by atoms with van der Waals surface area (Å²) in [6.45, 7) is 7.65. The second kappa shape index (κ2) is 11.6. The number of ether oxygens (including phenoxy) is 1. The van der Waals surface area contributed by atoms with Crippen molar-refractivity contribution in [2.45, 2.75) is 53.0 Å². The zero-order valence-corrected chi connectivity index (χ0v) is 19.9. The number of piperidine rings is 1. The minimum atomic E-state index is -0.236. The van der Waals surface area contributed by atoms with Gasteiger partial charge >= 0.3 is 5.97 Å². The van der Waals surface area contributed by atoms with Crippen LogP contribution in [0, 0.1) is 12.8 Å². The summed E-state index contributed by atoms with van der Waals surface area (Å²) in [5.41, 5.74) is 3.96. The second-order valence-corrected chi connectivity index (χ2v) is 8.59. The number of amides is 2. The highest BCUT2D eigenvalue weighted by molar-refractivity contribution is 5.93. The van der Waals surface area contributed by atoms with Crippen molar-refractivity contribution in [2.24, 2.45) is 5.92 Å². The number of carbonyl (C=O) groups is 3. The number of hydrogen-bond donors (Lipinski definition) is 0. The molecular formula is C27H34N2O4. The molecule has 0 aromatic heterocycles. The quantitative estimate of drug-likeness (QED) is 0.563. The van der Waals surface area contributed by atoms with Crippen molar-refractivity contribution in [2.75, 3.05) is 24.6 Å². The van der Waals surface area contributed by atoms with Crippen LogP contribution >= 0.6 is 0 Å². The maximum atomic E-state index is 12.8. The molecule has 0 unspecified atom stereocenters. The van der Waals surface area contributed by atoms with Gasteiger partial charge in [-0.25, -0.2) is 0 Å². The molecule has 6 heteroatoms. The van der Waals surface area contributed by atoms with E-state index >= 15 is 0 Å². The Morgan fingerprint density at radius 2 is 1.67 bits per heavy atom. The Kier molecular flexibility index (Phi) is 8.64. The van der Waals surface area contributed by atoms with E-state index in [1.165, 1.54) is 5.56 Å². The van der Waals surface area contributed by atoms with Crippen LogP contribution in [0.2, 0.25) is 0 Å². The SMILES string of the molecule is CCOC(=O)[C@H]1CCCN(C(=O)Cc2ccc(N(Cc3ccc(C)cc3)C(=O)CC)cc2)C1. The predicted octanol–water partition coefficient (Wildman–Crippen LogP) is 4.28. The third kappa shape index (κ3) is 6.67. The third-order valence-electron chi connectivity index (χ3n) is 6.06. The van der Waals surface area contributed by atoms with Crippen LogP contribution in [0.3, 0.4) is 0 Å². The lowest BCUT2D eigenvalue weighted by atomic mass is 9.97. The Hall–Kier alpha value is -3.15. The van der Waals surface area contributed by atoms with E-state index in [9.17, 15) is 14.4 Å². The molecule has 1 aliphatic rings. The highest BCUT2D eigenvalue weighted by Crippen LogP contribution is 2.22. The molecule has 0 spiro atoms. The minimum Gasteiger partial charge on any atom is -0.466 e. The summed E-state index contributed by atoms with van der Waals surface area (Å²) in [5.74, 6) is -0.385. The zero-order chi connectivity index (χ0) is 23.8. The first-order valence-electron chi connectivity index (χ1n) is 11.8. The minimum absolute atomic E-state index is 0.0119. The van der Waals surface area contributed by atoms with Gasteiger partial charge in [-0.2, -0.15) is 0 Å². The van der Waals surface area contributed by atoms with E-state index in [0.29, 0.717) is 32.7 Å². The zero-order valence-electron chi connectivity index (χ0n) is 19.9. The molecule has 0 saturated carbocycles. The first-order valence-corrected chi connectivity index (χ1v) is 11.8. The van der Waals surface area contributed by atoms with Crippen molar-refractivity contribution in [1.82, 2.24) is 4.90 Å². The fraction of sp³-hybridized carbons (Fsp3) is 0.444. The summed E-state index contributed by atoms with van der Waals surface area (Å²) in [4.78, 5) is 41.1. The average Bonchev–Trinajstić information content (AvgIpc) is 2.84. The largest absolute Gasteiger partial charge is 0.466 e. The molecule has 1 saturated heterocycles. The van der Waals surface area contributed by atoms with Gasteiger partial charge in [0, 0.05) is 25.2 Å². The van der Waals surface area contributed by atoms with Gasteiger partial charge in [0.05, 0.1) is 25.5 Å². The third-order valence-corrected chi connectivity index (χ3v) is 6.06. The molecule has 2 aromatic rings. The van der Waals surface area contributed by atoms with Crippen molar-refractivity contribution in [3.8, 4) is 0 Å². The maximum Gasteiger partial charge on any atom is 0.310 e. The van der Waals surface area contributed by atoms with Gasteiger partial charge in [-0.05, 0) is 49.9 Å². The fourth-order valence-corrected chi connectivity index (χ4v) is 4.13. The molecule has 1 heterocycles. The summed E-state index contributed by atoms with van der Waals surface area (Å²) >= 11 is 0. The van der Waals surface area contributed by atoms with Crippen molar-refractivity contribution in [3.05, 3.63) is 65.2 Å². The average molecular weight is 451 g/mol. The first kappa shape index (κ1) is 24.5. The molecule has 0 bridgehead atoms. The van der Waals surface area contributed by atoms with Crippen LogP contribution in [-0.2, 0) is 32.1 Å². The number of benzene rings is 2. The summed E-state index contributed by atoms with van der Waals surface area (Å²) in [5, 5.41) is 0. The van der Waals surface area contributed by atoms with Crippen LogP contribution in [0.25, 0.3) is 0 Å². The van der Waals surface area contributed by atoms with Gasteiger partial charge in [-0.1, -0.05) is 48.9 Å². The summed E-state index contributed by atoms with van der Waals surface area (Å²) in [6, 6.07) is 15.8. The van der Waals surface area contributed by atoms with Gasteiger partial charge in [0.15, 0.2) is 0 Å². The molecule has 1 atom stereocenters. The second-order valence-electron chi connectivity index (χ2n) is 8.59. The van der Waals surface area contributed by atoms with Crippen LogP contribution in [0.1, 0.15) is 49.8 Å². The molecule has 0 N–H and O–H groups in total. The number of carbonyl (C=O) groups excluding carboxylic acids is 3. The highest BCUT2D eigenvalue weighted by atomic mass is 16.5. The molecule has 1 aliphatic heterocycles. The molecular weight excluding hydrogens is 416 g/mol.